The number of carboxylic acid groups (broad SMARTS) is 1. The Kier molecular flexibility index (Phi) is 11.4. The first kappa shape index (κ1) is 26.0. The zero-order valence-corrected chi connectivity index (χ0v) is 19.6. The molecule has 0 fully saturated rings. The number of rotatable bonds is 7. The Labute approximate surface area is 200 Å². The third kappa shape index (κ3) is 8.71. The molecule has 2 rings (SSSR count). The van der Waals surface area contributed by atoms with E-state index < -0.39 is 22.7 Å². The molecule has 0 heterocycles. The standard InChI is InChI=1S/C17H14O7S.2Na/c18-16(13-4-6-14(7-5-13)24-11-17(19)20)10-3-12-1-8-15(9-2-12)25(21,22)23;;/h1-10H,11H2,(H,19,20)(H,21,22,23);;/q;2*+1/b10-3+;;. The van der Waals surface area contributed by atoms with Gasteiger partial charge in [-0.25, -0.2) is 4.79 Å². The minimum absolute atomic E-state index is 0. The number of carboxylic acids is 1. The van der Waals surface area contributed by atoms with E-state index in [1.165, 1.54) is 60.7 Å². The third-order valence-electron chi connectivity index (χ3n) is 3.11. The number of hydrogen-bond donors (Lipinski definition) is 2. The van der Waals surface area contributed by atoms with Gasteiger partial charge in [0.2, 0.25) is 0 Å². The molecule has 0 spiro atoms. The summed E-state index contributed by atoms with van der Waals surface area (Å²) in [4.78, 5) is 22.2. The predicted octanol–water partition coefficient (Wildman–Crippen LogP) is -3.70. The van der Waals surface area contributed by atoms with Crippen molar-refractivity contribution in [3.63, 3.8) is 0 Å². The molecule has 10 heteroatoms. The maximum absolute atomic E-state index is 12.1. The Morgan fingerprint density at radius 3 is 2.00 bits per heavy atom. The van der Waals surface area contributed by atoms with Gasteiger partial charge in [-0.1, -0.05) is 18.2 Å². The van der Waals surface area contributed by atoms with E-state index in [0.717, 1.165) is 0 Å². The number of hydrogen-bond acceptors (Lipinski definition) is 5. The second kappa shape index (κ2) is 11.8. The molecule has 0 aromatic heterocycles. The predicted molar refractivity (Wildman–Crippen MR) is 89.2 cm³/mol. The zero-order valence-electron chi connectivity index (χ0n) is 14.8. The fraction of sp³-hybridized carbons (Fsp3) is 0.0588. The molecule has 0 saturated carbocycles. The van der Waals surface area contributed by atoms with Gasteiger partial charge in [0.1, 0.15) is 5.75 Å². The van der Waals surface area contributed by atoms with Crippen LogP contribution in [-0.2, 0) is 14.9 Å². The summed E-state index contributed by atoms with van der Waals surface area (Å²) >= 11 is 0. The summed E-state index contributed by atoms with van der Waals surface area (Å²) in [5.41, 5.74) is 0.968. The molecule has 2 aromatic carbocycles. The number of benzene rings is 2. The summed E-state index contributed by atoms with van der Waals surface area (Å²) < 4.78 is 35.8. The van der Waals surface area contributed by atoms with Gasteiger partial charge in [0.05, 0.1) is 4.90 Å². The van der Waals surface area contributed by atoms with Gasteiger partial charge in [0, 0.05) is 5.56 Å². The van der Waals surface area contributed by atoms with E-state index in [-0.39, 0.29) is 69.8 Å². The van der Waals surface area contributed by atoms with Gasteiger partial charge in [-0.15, -0.1) is 0 Å². The van der Waals surface area contributed by atoms with Gasteiger partial charge >= 0.3 is 65.1 Å². The van der Waals surface area contributed by atoms with Crippen molar-refractivity contribution in [3.8, 4) is 5.75 Å². The van der Waals surface area contributed by atoms with Crippen molar-refractivity contribution in [2.24, 2.45) is 0 Å². The molecule has 0 aliphatic rings. The Hall–Kier alpha value is -0.970. The maximum Gasteiger partial charge on any atom is 1.00 e. The molecule has 2 aromatic rings. The molecule has 27 heavy (non-hydrogen) atoms. The second-order valence-corrected chi connectivity index (χ2v) is 6.37. The largest absolute Gasteiger partial charge is 1.00 e. The number of ether oxygens (including phenoxy) is 1. The molecule has 130 valence electrons. The first-order valence-electron chi connectivity index (χ1n) is 7.00. The number of carbonyl (C=O) groups is 2. The van der Waals surface area contributed by atoms with Crippen LogP contribution in [0.15, 0.2) is 59.5 Å². The second-order valence-electron chi connectivity index (χ2n) is 4.95. The van der Waals surface area contributed by atoms with Crippen molar-refractivity contribution < 1.29 is 91.5 Å². The zero-order chi connectivity index (χ0) is 18.4. The van der Waals surface area contributed by atoms with Gasteiger partial charge in [-0.3, -0.25) is 9.35 Å². The normalized spacial score (nSPS) is 10.6. The Balaban J connectivity index is 0.00000338. The van der Waals surface area contributed by atoms with Crippen molar-refractivity contribution >= 4 is 27.9 Å². The van der Waals surface area contributed by atoms with E-state index in [0.29, 0.717) is 16.9 Å². The van der Waals surface area contributed by atoms with E-state index in [1.54, 1.807) is 0 Å². The van der Waals surface area contributed by atoms with E-state index >= 15 is 0 Å². The summed E-state index contributed by atoms with van der Waals surface area (Å²) in [5, 5.41) is 8.52. The van der Waals surface area contributed by atoms with Crippen LogP contribution in [0.1, 0.15) is 15.9 Å². The van der Waals surface area contributed by atoms with Gasteiger partial charge < -0.3 is 9.84 Å². The molecular weight excluding hydrogens is 394 g/mol. The van der Waals surface area contributed by atoms with Crippen LogP contribution >= 0.6 is 0 Å². The number of aliphatic carboxylic acids is 1. The van der Waals surface area contributed by atoms with Crippen molar-refractivity contribution in [1.29, 1.82) is 0 Å². The van der Waals surface area contributed by atoms with E-state index in [2.05, 4.69) is 0 Å². The summed E-state index contributed by atoms with van der Waals surface area (Å²) in [6, 6.07) is 11.4. The minimum atomic E-state index is -4.25. The Morgan fingerprint density at radius 2 is 1.52 bits per heavy atom. The number of ketones is 1. The van der Waals surface area contributed by atoms with Crippen LogP contribution in [0.3, 0.4) is 0 Å². The molecule has 0 unspecified atom stereocenters. The van der Waals surface area contributed by atoms with Crippen LogP contribution in [0.4, 0.5) is 0 Å². The van der Waals surface area contributed by atoms with Crippen LogP contribution in [-0.4, -0.2) is 36.4 Å². The molecule has 7 nitrogen and oxygen atoms in total. The van der Waals surface area contributed by atoms with Crippen molar-refractivity contribution in [1.82, 2.24) is 0 Å². The monoisotopic (exact) mass is 408 g/mol. The van der Waals surface area contributed by atoms with Gasteiger partial charge in [-0.05, 0) is 48.0 Å². The third-order valence-corrected chi connectivity index (χ3v) is 3.97. The van der Waals surface area contributed by atoms with Crippen molar-refractivity contribution in [2.45, 2.75) is 4.90 Å². The number of carbonyl (C=O) groups excluding carboxylic acids is 1. The van der Waals surface area contributed by atoms with Gasteiger partial charge in [0.25, 0.3) is 10.1 Å². The maximum atomic E-state index is 12.1. The van der Waals surface area contributed by atoms with E-state index in [9.17, 15) is 18.0 Å². The van der Waals surface area contributed by atoms with Crippen LogP contribution < -0.4 is 63.9 Å². The van der Waals surface area contributed by atoms with Crippen molar-refractivity contribution in [3.05, 3.63) is 65.7 Å². The summed E-state index contributed by atoms with van der Waals surface area (Å²) in [5.74, 6) is -1.05. The first-order chi connectivity index (χ1) is 11.8. The summed E-state index contributed by atoms with van der Waals surface area (Å²) in [6.45, 7) is -0.466. The Morgan fingerprint density at radius 1 is 0.963 bits per heavy atom. The minimum Gasteiger partial charge on any atom is -0.482 e. The van der Waals surface area contributed by atoms with Crippen molar-refractivity contribution in [2.75, 3.05) is 6.61 Å². The fourth-order valence-corrected chi connectivity index (χ4v) is 2.36. The van der Waals surface area contributed by atoms with E-state index in [1.807, 2.05) is 0 Å². The molecule has 0 saturated heterocycles. The smallest absolute Gasteiger partial charge is 0.482 e. The topological polar surface area (TPSA) is 118 Å². The molecule has 0 aliphatic carbocycles. The SMILES string of the molecule is O=C(O)COc1ccc(C(=O)/C=C/c2ccc(S(=O)(=O)O)cc2)cc1.[Na+].[Na+]. The van der Waals surface area contributed by atoms with Crippen LogP contribution in [0, 0.1) is 0 Å². The Bertz CT molecular complexity index is 905. The fourth-order valence-electron chi connectivity index (χ4n) is 1.88. The van der Waals surface area contributed by atoms with Gasteiger partial charge in [0.15, 0.2) is 12.4 Å². The molecular formula is C17H14Na2O7S+2. The summed E-state index contributed by atoms with van der Waals surface area (Å²) in [7, 11) is -4.25. The average Bonchev–Trinajstić information content (AvgIpc) is 2.58. The van der Waals surface area contributed by atoms with Crippen LogP contribution in [0.5, 0.6) is 5.75 Å². The van der Waals surface area contributed by atoms with Crippen LogP contribution in [0.25, 0.3) is 6.08 Å². The van der Waals surface area contributed by atoms with E-state index in [4.69, 9.17) is 14.4 Å². The quantitative estimate of drug-likeness (QED) is 0.210. The first-order valence-corrected chi connectivity index (χ1v) is 8.44. The number of allylic oxidation sites excluding steroid dienone is 1. The molecule has 0 atom stereocenters. The molecule has 0 radical (unpaired) electrons. The summed E-state index contributed by atoms with van der Waals surface area (Å²) in [6.07, 6.45) is 2.82. The molecule has 0 amide bonds. The van der Waals surface area contributed by atoms with Crippen LogP contribution in [0.2, 0.25) is 0 Å². The molecule has 0 aliphatic heterocycles. The van der Waals surface area contributed by atoms with Gasteiger partial charge in [-0.2, -0.15) is 8.42 Å². The molecule has 2 N–H and O–H groups in total. The molecule has 0 bridgehead atoms. The average molecular weight is 408 g/mol.